The molecule has 0 saturated carbocycles. The first kappa shape index (κ1) is 16.2. The van der Waals surface area contributed by atoms with Crippen molar-refractivity contribution in [3.05, 3.63) is 18.7 Å². The molecule has 1 heterocycles. The van der Waals surface area contributed by atoms with E-state index < -0.39 is 7.81 Å². The van der Waals surface area contributed by atoms with Gasteiger partial charge in [0.1, 0.15) is 12.4 Å². The van der Waals surface area contributed by atoms with Crippen molar-refractivity contribution >= 4 is 7.81 Å². The molecule has 0 radical (unpaired) electrons. The molecule has 0 N–H and O–H groups in total. The number of halogens is 6. The van der Waals surface area contributed by atoms with Gasteiger partial charge in [0, 0.05) is 14.0 Å². The van der Waals surface area contributed by atoms with Crippen LogP contribution in [0.5, 0.6) is 0 Å². The van der Waals surface area contributed by atoms with Crippen molar-refractivity contribution in [1.82, 2.24) is 4.57 Å². The Morgan fingerprint density at radius 1 is 1.18 bits per heavy atom. The van der Waals surface area contributed by atoms with Crippen molar-refractivity contribution in [3.63, 3.8) is 0 Å². The third-order valence-electron chi connectivity index (χ3n) is 1.55. The second-order valence-electron chi connectivity index (χ2n) is 3.32. The van der Waals surface area contributed by atoms with E-state index in [1.807, 2.05) is 41.8 Å². The zero-order chi connectivity index (χ0) is 14.0. The molecule has 0 fully saturated rings. The van der Waals surface area contributed by atoms with E-state index in [-0.39, 0.29) is 6.23 Å². The fraction of sp³-hybridized carbons (Fsp3) is 0.571. The molecule has 1 unspecified atom stereocenters. The predicted molar refractivity (Wildman–Crippen MR) is 50.9 cm³/mol. The Bertz CT molecular complexity index is 360. The molecule has 0 bridgehead atoms. The maximum atomic E-state index is 9.87. The fourth-order valence-electron chi connectivity index (χ4n) is 0.806. The minimum atomic E-state index is -10.7. The molecule has 0 saturated heterocycles. The topological polar surface area (TPSA) is 18.0 Å². The van der Waals surface area contributed by atoms with Gasteiger partial charge in [-0.25, -0.2) is 9.13 Å². The van der Waals surface area contributed by atoms with Gasteiger partial charge in [0.2, 0.25) is 6.33 Å². The Kier molecular flexibility index (Phi) is 3.93. The summed E-state index contributed by atoms with van der Waals surface area (Å²) in [6.45, 7) is 2.00. The van der Waals surface area contributed by atoms with E-state index in [0.717, 1.165) is 0 Å². The van der Waals surface area contributed by atoms with E-state index in [2.05, 4.69) is 0 Å². The van der Waals surface area contributed by atoms with Gasteiger partial charge >= 0.3 is 33.0 Å². The number of imidazole rings is 1. The van der Waals surface area contributed by atoms with Crippen molar-refractivity contribution in [1.29, 1.82) is 0 Å². The zero-order valence-electron chi connectivity index (χ0n) is 9.33. The molecule has 0 spiro atoms. The van der Waals surface area contributed by atoms with Crippen LogP contribution in [0, 0.1) is 0 Å². The first-order chi connectivity index (χ1) is 7.19. The van der Waals surface area contributed by atoms with E-state index in [0.29, 0.717) is 0 Å². The normalized spacial score (nSPS) is 17.5. The summed E-state index contributed by atoms with van der Waals surface area (Å²) < 4.78 is 68.3. The van der Waals surface area contributed by atoms with Crippen molar-refractivity contribution in [2.24, 2.45) is 7.05 Å². The number of aryl methyl sites for hydroxylation is 1. The molecular formula is C7H13F6N2OP. The Morgan fingerprint density at radius 3 is 1.82 bits per heavy atom. The quantitative estimate of drug-likeness (QED) is 0.458. The van der Waals surface area contributed by atoms with E-state index in [1.165, 1.54) is 0 Å². The molecule has 1 atom stereocenters. The average Bonchev–Trinajstić information content (AvgIpc) is 2.44. The van der Waals surface area contributed by atoms with Gasteiger partial charge in [-0.15, -0.1) is 0 Å². The number of rotatable bonds is 2. The predicted octanol–water partition coefficient (Wildman–Crippen LogP) is 3.86. The summed E-state index contributed by atoms with van der Waals surface area (Å²) >= 11 is 0. The van der Waals surface area contributed by atoms with Crippen molar-refractivity contribution in [3.8, 4) is 0 Å². The molecule has 0 aromatic carbocycles. The van der Waals surface area contributed by atoms with Gasteiger partial charge in [-0.3, -0.25) is 0 Å². The molecule has 104 valence electrons. The molecule has 0 aliphatic carbocycles. The standard InChI is InChI=1S/C7H13N2O.F6P/c1-7(10-3)9-5-4-8(2)6-9;1-7(2,3,4,5)6/h4-7H,1-3H3;/q+1;-1. The van der Waals surface area contributed by atoms with Crippen LogP contribution in [0.4, 0.5) is 25.2 Å². The summed E-state index contributed by atoms with van der Waals surface area (Å²) in [6.07, 6.45) is 6.07. The monoisotopic (exact) mass is 286 g/mol. The first-order valence-electron chi connectivity index (χ1n) is 4.31. The fourth-order valence-corrected chi connectivity index (χ4v) is 0.806. The molecule has 17 heavy (non-hydrogen) atoms. The van der Waals surface area contributed by atoms with Crippen molar-refractivity contribution in [2.45, 2.75) is 13.2 Å². The van der Waals surface area contributed by atoms with Crippen LogP contribution >= 0.6 is 7.81 Å². The molecule has 1 aromatic rings. The van der Waals surface area contributed by atoms with Crippen LogP contribution in [0.3, 0.4) is 0 Å². The van der Waals surface area contributed by atoms with Gasteiger partial charge in [-0.05, 0) is 0 Å². The number of aromatic nitrogens is 2. The zero-order valence-corrected chi connectivity index (χ0v) is 10.2. The van der Waals surface area contributed by atoms with Crippen LogP contribution in [0.1, 0.15) is 13.2 Å². The average molecular weight is 286 g/mol. The van der Waals surface area contributed by atoms with Gasteiger partial charge in [0.15, 0.2) is 6.23 Å². The van der Waals surface area contributed by atoms with Gasteiger partial charge < -0.3 is 4.74 Å². The van der Waals surface area contributed by atoms with Gasteiger partial charge in [-0.2, -0.15) is 0 Å². The summed E-state index contributed by atoms with van der Waals surface area (Å²) in [7, 11) is -6.97. The van der Waals surface area contributed by atoms with Crippen molar-refractivity contribution in [2.75, 3.05) is 7.11 Å². The van der Waals surface area contributed by atoms with Crippen LogP contribution < -0.4 is 4.57 Å². The van der Waals surface area contributed by atoms with E-state index in [1.54, 1.807) is 7.11 Å². The number of hydrogen-bond donors (Lipinski definition) is 0. The molecule has 1 aromatic heterocycles. The Hall–Kier alpha value is -0.820. The van der Waals surface area contributed by atoms with Crippen LogP contribution in [0.15, 0.2) is 18.7 Å². The van der Waals surface area contributed by atoms with Crippen LogP contribution in [-0.4, -0.2) is 11.7 Å². The van der Waals surface area contributed by atoms with Gasteiger partial charge in [0.05, 0.1) is 7.05 Å². The SMILES string of the molecule is COC(C)[n+]1ccn(C)c1.F[P-](F)(F)(F)(F)F. The number of ether oxygens (including phenoxy) is 1. The molecule has 0 aliphatic rings. The number of nitrogens with zero attached hydrogens (tertiary/aromatic N) is 2. The maximum absolute atomic E-state index is 10.7. The molecular weight excluding hydrogens is 273 g/mol. The third-order valence-corrected chi connectivity index (χ3v) is 1.55. The molecule has 1 rings (SSSR count). The summed E-state index contributed by atoms with van der Waals surface area (Å²) in [5.74, 6) is 0. The Balaban J connectivity index is 0.000000325. The second-order valence-corrected chi connectivity index (χ2v) is 5.24. The van der Waals surface area contributed by atoms with Crippen LogP contribution in [0.2, 0.25) is 0 Å². The Labute approximate surface area is 93.8 Å². The number of hydrogen-bond acceptors (Lipinski definition) is 1. The van der Waals surface area contributed by atoms with Crippen molar-refractivity contribution < 1.29 is 34.5 Å². The Morgan fingerprint density at radius 2 is 1.59 bits per heavy atom. The second kappa shape index (κ2) is 4.13. The first-order valence-corrected chi connectivity index (χ1v) is 6.34. The number of methoxy groups -OCH3 is 1. The third kappa shape index (κ3) is 13.1. The summed E-state index contributed by atoms with van der Waals surface area (Å²) in [5.41, 5.74) is 0. The van der Waals surface area contributed by atoms with Gasteiger partial charge in [-0.1, -0.05) is 0 Å². The van der Waals surface area contributed by atoms with E-state index in [9.17, 15) is 25.2 Å². The molecule has 0 aliphatic heterocycles. The molecule has 10 heteroatoms. The van der Waals surface area contributed by atoms with Crippen LogP contribution in [-0.2, 0) is 11.8 Å². The molecule has 3 nitrogen and oxygen atoms in total. The summed E-state index contributed by atoms with van der Waals surface area (Å²) in [5, 5.41) is 0. The van der Waals surface area contributed by atoms with E-state index in [4.69, 9.17) is 4.74 Å². The molecule has 0 amide bonds. The van der Waals surface area contributed by atoms with E-state index >= 15 is 0 Å². The van der Waals surface area contributed by atoms with Gasteiger partial charge in [0.25, 0.3) is 0 Å². The van der Waals surface area contributed by atoms with Crippen LogP contribution in [0.25, 0.3) is 0 Å². The minimum absolute atomic E-state index is 0.126. The summed E-state index contributed by atoms with van der Waals surface area (Å²) in [4.78, 5) is 0. The summed E-state index contributed by atoms with van der Waals surface area (Å²) in [6, 6.07) is 0.